The van der Waals surface area contributed by atoms with E-state index in [0.717, 1.165) is 5.56 Å². The molecule has 1 N–H and O–H groups in total. The van der Waals surface area contributed by atoms with Crippen molar-refractivity contribution in [1.29, 1.82) is 0 Å². The molecule has 0 aliphatic heterocycles. The monoisotopic (exact) mass is 284 g/mol. The summed E-state index contributed by atoms with van der Waals surface area (Å²) in [6, 6.07) is 10.8. The first kappa shape index (κ1) is 14.7. The van der Waals surface area contributed by atoms with Crippen molar-refractivity contribution in [3.63, 3.8) is 0 Å². The fourth-order valence-electron chi connectivity index (χ4n) is 2.05. The molecule has 5 nitrogen and oxygen atoms in total. The number of carbonyl (C=O) groups excluding carboxylic acids is 1. The van der Waals surface area contributed by atoms with E-state index in [0.29, 0.717) is 11.3 Å². The number of para-hydroxylation sites is 1. The molecule has 0 atom stereocenters. The van der Waals surface area contributed by atoms with Crippen molar-refractivity contribution in [1.82, 2.24) is 4.98 Å². The van der Waals surface area contributed by atoms with E-state index in [-0.39, 0.29) is 18.9 Å². The van der Waals surface area contributed by atoms with Crippen molar-refractivity contribution in [3.8, 4) is 0 Å². The van der Waals surface area contributed by atoms with E-state index in [4.69, 9.17) is 5.11 Å². The third-order valence-corrected chi connectivity index (χ3v) is 3.11. The lowest BCUT2D eigenvalue weighted by atomic mass is 10.1. The van der Waals surface area contributed by atoms with E-state index in [1.807, 2.05) is 31.2 Å². The fraction of sp³-hybridized carbons (Fsp3) is 0.188. The molecule has 0 aliphatic rings. The molecule has 0 saturated carbocycles. The predicted molar refractivity (Wildman–Crippen MR) is 79.3 cm³/mol. The molecule has 2 aromatic rings. The van der Waals surface area contributed by atoms with Crippen LogP contribution in [0.5, 0.6) is 0 Å². The van der Waals surface area contributed by atoms with Crippen molar-refractivity contribution < 1.29 is 14.7 Å². The van der Waals surface area contributed by atoms with Crippen LogP contribution in [-0.4, -0.2) is 28.5 Å². The highest BCUT2D eigenvalue weighted by molar-refractivity contribution is 6.06. The normalized spacial score (nSPS) is 10.1. The standard InChI is InChI=1S/C16H16N2O3/c1-12-5-2-3-7-14(12)18(10-8-15(19)20)16(21)13-6-4-9-17-11-13/h2-7,9,11H,8,10H2,1H3,(H,19,20). The Morgan fingerprint density at radius 2 is 1.95 bits per heavy atom. The van der Waals surface area contributed by atoms with Gasteiger partial charge in [-0.25, -0.2) is 0 Å². The summed E-state index contributed by atoms with van der Waals surface area (Å²) < 4.78 is 0. The van der Waals surface area contributed by atoms with Gasteiger partial charge >= 0.3 is 5.97 Å². The van der Waals surface area contributed by atoms with E-state index in [9.17, 15) is 9.59 Å². The molecule has 5 heteroatoms. The smallest absolute Gasteiger partial charge is 0.305 e. The predicted octanol–water partition coefficient (Wildman–Crippen LogP) is 2.51. The summed E-state index contributed by atoms with van der Waals surface area (Å²) in [7, 11) is 0. The maximum atomic E-state index is 12.6. The van der Waals surface area contributed by atoms with Crippen LogP contribution in [0.15, 0.2) is 48.8 Å². The Kier molecular flexibility index (Phi) is 4.66. The van der Waals surface area contributed by atoms with E-state index in [2.05, 4.69) is 4.98 Å². The van der Waals surface area contributed by atoms with E-state index in [1.54, 1.807) is 18.3 Å². The number of carbonyl (C=O) groups is 2. The molecule has 0 spiro atoms. The number of pyridine rings is 1. The Morgan fingerprint density at radius 1 is 1.19 bits per heavy atom. The Labute approximate surface area is 122 Å². The summed E-state index contributed by atoms with van der Waals surface area (Å²) in [5.74, 6) is -1.19. The van der Waals surface area contributed by atoms with Crippen LogP contribution >= 0.6 is 0 Å². The molecule has 108 valence electrons. The number of benzene rings is 1. The highest BCUT2D eigenvalue weighted by Crippen LogP contribution is 2.21. The first-order valence-corrected chi connectivity index (χ1v) is 6.59. The Balaban J connectivity index is 2.34. The van der Waals surface area contributed by atoms with Crippen molar-refractivity contribution in [3.05, 3.63) is 59.9 Å². The van der Waals surface area contributed by atoms with Crippen LogP contribution in [0.2, 0.25) is 0 Å². The Morgan fingerprint density at radius 3 is 2.57 bits per heavy atom. The van der Waals surface area contributed by atoms with Gasteiger partial charge in [-0.1, -0.05) is 18.2 Å². The molecule has 0 saturated heterocycles. The number of rotatable bonds is 5. The van der Waals surface area contributed by atoms with Crippen LogP contribution in [0.4, 0.5) is 5.69 Å². The number of aromatic nitrogens is 1. The minimum absolute atomic E-state index is 0.111. The fourth-order valence-corrected chi connectivity index (χ4v) is 2.05. The van der Waals surface area contributed by atoms with E-state index in [1.165, 1.54) is 11.1 Å². The summed E-state index contributed by atoms with van der Waals surface area (Å²) in [6.45, 7) is 2.01. The molecule has 1 aromatic heterocycles. The summed E-state index contributed by atoms with van der Waals surface area (Å²) in [5.41, 5.74) is 2.07. The van der Waals surface area contributed by atoms with Gasteiger partial charge in [0.25, 0.3) is 5.91 Å². The third-order valence-electron chi connectivity index (χ3n) is 3.11. The Bertz CT molecular complexity index is 641. The second-order valence-corrected chi connectivity index (χ2v) is 4.63. The number of nitrogens with zero attached hydrogens (tertiary/aromatic N) is 2. The topological polar surface area (TPSA) is 70.5 Å². The molecule has 0 fully saturated rings. The van der Waals surface area contributed by atoms with Gasteiger partial charge in [0.05, 0.1) is 12.0 Å². The summed E-state index contributed by atoms with van der Waals surface area (Å²) in [4.78, 5) is 28.9. The molecule has 0 bridgehead atoms. The number of anilines is 1. The third kappa shape index (κ3) is 3.66. The average Bonchev–Trinajstić information content (AvgIpc) is 2.49. The van der Waals surface area contributed by atoms with E-state index >= 15 is 0 Å². The summed E-state index contributed by atoms with van der Waals surface area (Å²) in [6.07, 6.45) is 2.96. The second-order valence-electron chi connectivity index (χ2n) is 4.63. The molecule has 1 heterocycles. The molecule has 2 rings (SSSR count). The molecule has 0 unspecified atom stereocenters. The number of aryl methyl sites for hydroxylation is 1. The molecule has 1 aromatic carbocycles. The summed E-state index contributed by atoms with van der Waals surface area (Å²) in [5, 5.41) is 8.88. The van der Waals surface area contributed by atoms with Gasteiger partial charge in [-0.2, -0.15) is 0 Å². The molecule has 21 heavy (non-hydrogen) atoms. The van der Waals surface area contributed by atoms with Gasteiger partial charge in [0.2, 0.25) is 0 Å². The minimum atomic E-state index is -0.937. The lowest BCUT2D eigenvalue weighted by Crippen LogP contribution is -2.33. The molecule has 0 aliphatic carbocycles. The second kappa shape index (κ2) is 6.65. The van der Waals surface area contributed by atoms with Gasteiger partial charge < -0.3 is 10.0 Å². The number of hydrogen-bond acceptors (Lipinski definition) is 3. The van der Waals surface area contributed by atoms with Crippen LogP contribution in [0.1, 0.15) is 22.3 Å². The van der Waals surface area contributed by atoms with Crippen LogP contribution in [0.25, 0.3) is 0 Å². The zero-order valence-electron chi connectivity index (χ0n) is 11.7. The van der Waals surface area contributed by atoms with Gasteiger partial charge in [-0.3, -0.25) is 14.6 Å². The van der Waals surface area contributed by atoms with Crippen molar-refractivity contribution in [2.45, 2.75) is 13.3 Å². The number of carboxylic acid groups (broad SMARTS) is 1. The van der Waals surface area contributed by atoms with Gasteiger partial charge in [0.1, 0.15) is 0 Å². The highest BCUT2D eigenvalue weighted by atomic mass is 16.4. The molecular formula is C16H16N2O3. The number of hydrogen-bond donors (Lipinski definition) is 1. The van der Waals surface area contributed by atoms with Crippen LogP contribution < -0.4 is 4.90 Å². The maximum Gasteiger partial charge on any atom is 0.305 e. The lowest BCUT2D eigenvalue weighted by molar-refractivity contribution is -0.136. The SMILES string of the molecule is Cc1ccccc1N(CCC(=O)O)C(=O)c1cccnc1. The van der Waals surface area contributed by atoms with Crippen molar-refractivity contribution in [2.75, 3.05) is 11.4 Å². The lowest BCUT2D eigenvalue weighted by Gasteiger charge is -2.24. The first-order valence-electron chi connectivity index (χ1n) is 6.59. The number of amides is 1. The molecule has 1 amide bonds. The average molecular weight is 284 g/mol. The maximum absolute atomic E-state index is 12.6. The highest BCUT2D eigenvalue weighted by Gasteiger charge is 2.20. The zero-order valence-corrected chi connectivity index (χ0v) is 11.7. The van der Waals surface area contributed by atoms with Gasteiger partial charge in [0, 0.05) is 24.6 Å². The summed E-state index contributed by atoms with van der Waals surface area (Å²) >= 11 is 0. The minimum Gasteiger partial charge on any atom is -0.481 e. The van der Waals surface area contributed by atoms with Crippen LogP contribution in [0, 0.1) is 6.92 Å². The largest absolute Gasteiger partial charge is 0.481 e. The van der Waals surface area contributed by atoms with Crippen molar-refractivity contribution >= 4 is 17.6 Å². The zero-order chi connectivity index (χ0) is 15.2. The number of aliphatic carboxylic acids is 1. The van der Waals surface area contributed by atoms with Gasteiger partial charge in [0.15, 0.2) is 0 Å². The quantitative estimate of drug-likeness (QED) is 0.915. The van der Waals surface area contributed by atoms with Crippen molar-refractivity contribution in [2.24, 2.45) is 0 Å². The van der Waals surface area contributed by atoms with Crippen LogP contribution in [0.3, 0.4) is 0 Å². The van der Waals surface area contributed by atoms with Gasteiger partial charge in [-0.15, -0.1) is 0 Å². The molecule has 0 radical (unpaired) electrons. The number of carboxylic acids is 1. The van der Waals surface area contributed by atoms with Crippen LogP contribution in [-0.2, 0) is 4.79 Å². The molecular weight excluding hydrogens is 268 g/mol. The van der Waals surface area contributed by atoms with E-state index < -0.39 is 5.97 Å². The Hall–Kier alpha value is -2.69. The first-order chi connectivity index (χ1) is 10.1. The van der Waals surface area contributed by atoms with Gasteiger partial charge in [-0.05, 0) is 30.7 Å².